The Hall–Kier alpha value is -1.43. The maximum absolute atomic E-state index is 11.6. The highest BCUT2D eigenvalue weighted by Gasteiger charge is 2.19. The lowest BCUT2D eigenvalue weighted by atomic mass is 10.2. The minimum atomic E-state index is -0.445. The number of anilines is 2. The SMILES string of the molecule is COC(=O)c1cc(N)cnc1NCC(C)(C)SC. The molecule has 1 heterocycles. The zero-order chi connectivity index (χ0) is 13.8. The largest absolute Gasteiger partial charge is 0.465 e. The summed E-state index contributed by atoms with van der Waals surface area (Å²) in [5, 5.41) is 3.16. The summed E-state index contributed by atoms with van der Waals surface area (Å²) < 4.78 is 4.76. The topological polar surface area (TPSA) is 77.2 Å². The normalized spacial score (nSPS) is 11.1. The van der Waals surface area contributed by atoms with Crippen LogP contribution in [0.15, 0.2) is 12.3 Å². The summed E-state index contributed by atoms with van der Waals surface area (Å²) in [6, 6.07) is 1.56. The second kappa shape index (κ2) is 5.95. The van der Waals surface area contributed by atoms with Gasteiger partial charge < -0.3 is 15.8 Å². The fourth-order valence-corrected chi connectivity index (χ4v) is 1.47. The Bertz CT molecular complexity index is 435. The van der Waals surface area contributed by atoms with Gasteiger partial charge in [-0.2, -0.15) is 11.8 Å². The van der Waals surface area contributed by atoms with Gasteiger partial charge in [0.05, 0.1) is 19.0 Å². The Morgan fingerprint density at radius 3 is 2.83 bits per heavy atom. The van der Waals surface area contributed by atoms with E-state index in [-0.39, 0.29) is 4.75 Å². The van der Waals surface area contributed by atoms with Crippen molar-refractivity contribution in [2.24, 2.45) is 0 Å². The number of nitrogen functional groups attached to an aromatic ring is 1. The number of nitrogens with two attached hydrogens (primary N) is 1. The first kappa shape index (κ1) is 14.6. The molecule has 0 aliphatic heterocycles. The molecule has 0 aliphatic rings. The van der Waals surface area contributed by atoms with Crippen LogP contribution >= 0.6 is 11.8 Å². The van der Waals surface area contributed by atoms with E-state index in [1.165, 1.54) is 13.3 Å². The number of ether oxygens (including phenoxy) is 1. The quantitative estimate of drug-likeness (QED) is 0.796. The zero-order valence-corrected chi connectivity index (χ0v) is 11.9. The van der Waals surface area contributed by atoms with Crippen molar-refractivity contribution in [3.63, 3.8) is 0 Å². The van der Waals surface area contributed by atoms with Crippen LogP contribution in [0, 0.1) is 0 Å². The number of nitrogens with one attached hydrogen (secondary N) is 1. The van der Waals surface area contributed by atoms with E-state index in [4.69, 9.17) is 10.5 Å². The molecule has 100 valence electrons. The van der Waals surface area contributed by atoms with Crippen LogP contribution in [-0.2, 0) is 4.74 Å². The molecular weight excluding hydrogens is 250 g/mol. The van der Waals surface area contributed by atoms with Crippen molar-refractivity contribution in [3.8, 4) is 0 Å². The molecule has 6 heteroatoms. The number of rotatable bonds is 5. The van der Waals surface area contributed by atoms with Crippen molar-refractivity contribution >= 4 is 29.2 Å². The molecule has 0 amide bonds. The number of aromatic nitrogens is 1. The second-order valence-electron chi connectivity index (χ2n) is 4.47. The summed E-state index contributed by atoms with van der Waals surface area (Å²) in [5.41, 5.74) is 6.42. The van der Waals surface area contributed by atoms with Gasteiger partial charge in [-0.25, -0.2) is 9.78 Å². The van der Waals surface area contributed by atoms with Gasteiger partial charge in [0.25, 0.3) is 0 Å². The molecule has 5 nitrogen and oxygen atoms in total. The number of pyridine rings is 1. The Morgan fingerprint density at radius 2 is 2.28 bits per heavy atom. The first-order valence-corrected chi connectivity index (χ1v) is 6.75. The van der Waals surface area contributed by atoms with Gasteiger partial charge in [-0.1, -0.05) is 0 Å². The minimum absolute atomic E-state index is 0.0520. The van der Waals surface area contributed by atoms with Crippen LogP contribution in [0.2, 0.25) is 0 Å². The van der Waals surface area contributed by atoms with E-state index in [1.807, 2.05) is 6.26 Å². The predicted molar refractivity (Wildman–Crippen MR) is 76.1 cm³/mol. The van der Waals surface area contributed by atoms with Crippen molar-refractivity contribution in [2.45, 2.75) is 18.6 Å². The number of esters is 1. The monoisotopic (exact) mass is 269 g/mol. The van der Waals surface area contributed by atoms with Gasteiger partial charge in [-0.05, 0) is 26.2 Å². The third-order valence-electron chi connectivity index (χ3n) is 2.55. The molecule has 0 saturated heterocycles. The first-order valence-electron chi connectivity index (χ1n) is 5.52. The lowest BCUT2D eigenvalue weighted by Crippen LogP contribution is -2.27. The van der Waals surface area contributed by atoms with E-state index in [2.05, 4.69) is 24.1 Å². The van der Waals surface area contributed by atoms with Crippen molar-refractivity contribution in [3.05, 3.63) is 17.8 Å². The van der Waals surface area contributed by atoms with Gasteiger partial charge in [0, 0.05) is 11.3 Å². The summed E-state index contributed by atoms with van der Waals surface area (Å²) >= 11 is 1.74. The fourth-order valence-electron chi connectivity index (χ4n) is 1.26. The number of thioether (sulfide) groups is 1. The van der Waals surface area contributed by atoms with Crippen molar-refractivity contribution in [2.75, 3.05) is 31.0 Å². The highest BCUT2D eigenvalue weighted by molar-refractivity contribution is 7.99. The molecule has 0 radical (unpaired) electrons. The standard InChI is InChI=1S/C12H19N3O2S/c1-12(2,18-4)7-15-10-9(11(16)17-3)5-8(13)6-14-10/h5-6H,7,13H2,1-4H3,(H,14,15). The number of carbonyl (C=O) groups is 1. The van der Waals surface area contributed by atoms with Crippen LogP contribution in [0.5, 0.6) is 0 Å². The molecule has 0 atom stereocenters. The zero-order valence-electron chi connectivity index (χ0n) is 11.1. The molecule has 0 unspecified atom stereocenters. The Morgan fingerprint density at radius 1 is 1.61 bits per heavy atom. The van der Waals surface area contributed by atoms with E-state index < -0.39 is 5.97 Å². The molecule has 1 aromatic rings. The molecule has 3 N–H and O–H groups in total. The summed E-state index contributed by atoms with van der Waals surface area (Å²) in [7, 11) is 1.33. The van der Waals surface area contributed by atoms with Gasteiger partial charge >= 0.3 is 5.97 Å². The van der Waals surface area contributed by atoms with Crippen LogP contribution in [0.25, 0.3) is 0 Å². The van der Waals surface area contributed by atoms with Crippen LogP contribution in [0.3, 0.4) is 0 Å². The molecule has 1 aromatic heterocycles. The maximum Gasteiger partial charge on any atom is 0.341 e. The third kappa shape index (κ3) is 3.80. The van der Waals surface area contributed by atoms with E-state index >= 15 is 0 Å². The van der Waals surface area contributed by atoms with Crippen LogP contribution in [-0.4, -0.2) is 35.6 Å². The van der Waals surface area contributed by atoms with Gasteiger partial charge in [0.15, 0.2) is 0 Å². The number of hydrogen-bond donors (Lipinski definition) is 2. The van der Waals surface area contributed by atoms with E-state index in [0.717, 1.165) is 0 Å². The summed E-state index contributed by atoms with van der Waals surface area (Å²) in [4.78, 5) is 15.8. The molecule has 0 fully saturated rings. The molecule has 0 bridgehead atoms. The molecule has 18 heavy (non-hydrogen) atoms. The van der Waals surface area contributed by atoms with Gasteiger partial charge in [0.1, 0.15) is 11.4 Å². The van der Waals surface area contributed by atoms with Crippen LogP contribution < -0.4 is 11.1 Å². The molecule has 0 aliphatic carbocycles. The van der Waals surface area contributed by atoms with Gasteiger partial charge in [0.2, 0.25) is 0 Å². The Kier molecular flexibility index (Phi) is 4.84. The number of hydrogen-bond acceptors (Lipinski definition) is 6. The molecule has 0 aromatic carbocycles. The molecule has 0 spiro atoms. The molecule has 0 saturated carbocycles. The Labute approximate surface area is 111 Å². The summed E-state index contributed by atoms with van der Waals surface area (Å²) in [6.07, 6.45) is 3.56. The fraction of sp³-hybridized carbons (Fsp3) is 0.500. The minimum Gasteiger partial charge on any atom is -0.465 e. The van der Waals surface area contributed by atoms with E-state index in [9.17, 15) is 4.79 Å². The van der Waals surface area contributed by atoms with Gasteiger partial charge in [-0.3, -0.25) is 0 Å². The number of methoxy groups -OCH3 is 1. The summed E-state index contributed by atoms with van der Waals surface area (Å²) in [6.45, 7) is 4.91. The molecule has 1 rings (SSSR count). The smallest absolute Gasteiger partial charge is 0.341 e. The second-order valence-corrected chi connectivity index (χ2v) is 5.99. The average molecular weight is 269 g/mol. The number of nitrogens with zero attached hydrogens (tertiary/aromatic N) is 1. The third-order valence-corrected chi connectivity index (χ3v) is 3.80. The lowest BCUT2D eigenvalue weighted by molar-refractivity contribution is 0.0601. The number of carbonyl (C=O) groups excluding carboxylic acids is 1. The van der Waals surface area contributed by atoms with Crippen LogP contribution in [0.1, 0.15) is 24.2 Å². The highest BCUT2D eigenvalue weighted by Crippen LogP contribution is 2.23. The first-order chi connectivity index (χ1) is 8.39. The van der Waals surface area contributed by atoms with Crippen molar-refractivity contribution < 1.29 is 9.53 Å². The van der Waals surface area contributed by atoms with Crippen molar-refractivity contribution in [1.82, 2.24) is 4.98 Å². The van der Waals surface area contributed by atoms with Crippen LogP contribution in [0.4, 0.5) is 11.5 Å². The van der Waals surface area contributed by atoms with E-state index in [1.54, 1.807) is 17.8 Å². The van der Waals surface area contributed by atoms with E-state index in [0.29, 0.717) is 23.6 Å². The van der Waals surface area contributed by atoms with Crippen molar-refractivity contribution in [1.29, 1.82) is 0 Å². The summed E-state index contributed by atoms with van der Waals surface area (Å²) in [5.74, 6) is 0.0532. The lowest BCUT2D eigenvalue weighted by Gasteiger charge is -2.23. The maximum atomic E-state index is 11.6. The Balaban J connectivity index is 2.91. The predicted octanol–water partition coefficient (Wildman–Crippen LogP) is 2.00. The molecular formula is C12H19N3O2S. The average Bonchev–Trinajstić information content (AvgIpc) is 2.36. The van der Waals surface area contributed by atoms with Gasteiger partial charge in [-0.15, -0.1) is 0 Å². The highest BCUT2D eigenvalue weighted by atomic mass is 32.2.